The predicted molar refractivity (Wildman–Crippen MR) is 112 cm³/mol. The quantitative estimate of drug-likeness (QED) is 0.725. The molecular formula is C22H28N2O2S. The van der Waals surface area contributed by atoms with Crippen LogP contribution in [0.25, 0.3) is 0 Å². The van der Waals surface area contributed by atoms with Gasteiger partial charge in [-0.05, 0) is 56.0 Å². The Labute approximate surface area is 166 Å². The van der Waals surface area contributed by atoms with Crippen molar-refractivity contribution in [3.05, 3.63) is 59.7 Å². The van der Waals surface area contributed by atoms with Gasteiger partial charge < -0.3 is 9.64 Å². The molecule has 1 aliphatic heterocycles. The van der Waals surface area contributed by atoms with Crippen molar-refractivity contribution in [1.82, 2.24) is 9.80 Å². The summed E-state index contributed by atoms with van der Waals surface area (Å²) in [6.07, 6.45) is 2.09. The lowest BCUT2D eigenvalue weighted by atomic mass is 10.0. The van der Waals surface area contributed by atoms with Crippen LogP contribution in [0.2, 0.25) is 0 Å². The molecule has 1 fully saturated rings. The smallest absolute Gasteiger partial charge is 0.254 e. The molecule has 0 spiro atoms. The average molecular weight is 385 g/mol. The molecule has 2 aromatic rings. The first-order valence-corrected chi connectivity index (χ1v) is 10.6. The highest BCUT2D eigenvalue weighted by Gasteiger charge is 2.33. The summed E-state index contributed by atoms with van der Waals surface area (Å²) >= 11 is 1.76. The lowest BCUT2D eigenvalue weighted by molar-refractivity contribution is 0.0250. The number of piperazine rings is 1. The van der Waals surface area contributed by atoms with Crippen LogP contribution in [0.15, 0.2) is 53.4 Å². The molecule has 0 N–H and O–H groups in total. The van der Waals surface area contributed by atoms with Crippen molar-refractivity contribution in [1.29, 1.82) is 0 Å². The summed E-state index contributed by atoms with van der Waals surface area (Å²) < 4.78 is 5.26. The largest absolute Gasteiger partial charge is 0.497 e. The Kier molecular flexibility index (Phi) is 6.45. The fraction of sp³-hybridized carbons (Fsp3) is 0.409. The molecule has 2 atom stereocenters. The van der Waals surface area contributed by atoms with Gasteiger partial charge in [0.15, 0.2) is 0 Å². The maximum atomic E-state index is 13.0. The molecule has 0 radical (unpaired) electrons. The topological polar surface area (TPSA) is 32.8 Å². The van der Waals surface area contributed by atoms with Gasteiger partial charge in [-0.2, -0.15) is 0 Å². The second-order valence-electron chi connectivity index (χ2n) is 7.03. The molecule has 2 aromatic carbocycles. The molecule has 1 aliphatic rings. The number of methoxy groups -OCH3 is 1. The summed E-state index contributed by atoms with van der Waals surface area (Å²) in [6, 6.07) is 16.6. The summed E-state index contributed by atoms with van der Waals surface area (Å²) in [6.45, 7) is 6.90. The van der Waals surface area contributed by atoms with Crippen LogP contribution in [0.3, 0.4) is 0 Å². The molecule has 4 nitrogen and oxygen atoms in total. The minimum atomic E-state index is 0.0808. The third kappa shape index (κ3) is 4.47. The van der Waals surface area contributed by atoms with E-state index in [1.54, 1.807) is 18.9 Å². The number of ether oxygens (including phenoxy) is 1. The van der Waals surface area contributed by atoms with E-state index >= 15 is 0 Å². The van der Waals surface area contributed by atoms with Gasteiger partial charge in [-0.25, -0.2) is 0 Å². The summed E-state index contributed by atoms with van der Waals surface area (Å²) in [7, 11) is 1.62. The van der Waals surface area contributed by atoms with Gasteiger partial charge in [-0.15, -0.1) is 11.8 Å². The normalized spacial score (nSPS) is 20.5. The molecule has 0 aliphatic carbocycles. The zero-order valence-corrected chi connectivity index (χ0v) is 17.3. The number of benzene rings is 2. The Bertz CT molecular complexity index is 778. The Morgan fingerprint density at radius 2 is 1.85 bits per heavy atom. The zero-order chi connectivity index (χ0) is 19.4. The van der Waals surface area contributed by atoms with Gasteiger partial charge in [0.1, 0.15) is 5.75 Å². The average Bonchev–Trinajstić information content (AvgIpc) is 2.71. The van der Waals surface area contributed by atoms with E-state index in [-0.39, 0.29) is 11.9 Å². The van der Waals surface area contributed by atoms with Crippen LogP contribution < -0.4 is 4.74 Å². The third-order valence-corrected chi connectivity index (χ3v) is 6.26. The van der Waals surface area contributed by atoms with Crippen molar-refractivity contribution in [3.63, 3.8) is 0 Å². The second kappa shape index (κ2) is 8.81. The molecule has 5 heteroatoms. The fourth-order valence-electron chi connectivity index (χ4n) is 3.61. The van der Waals surface area contributed by atoms with E-state index in [0.29, 0.717) is 17.4 Å². The standard InChI is InChI=1S/C22H28N2O2S/c1-16-17(2)24(22(25)19-6-5-7-20(14-19)26-3)13-12-23(16)15-18-8-10-21(27-4)11-9-18/h5-11,14,16-17H,12-13,15H2,1-4H3/t16-,17-/m1/s1. The maximum Gasteiger partial charge on any atom is 0.254 e. The lowest BCUT2D eigenvalue weighted by Gasteiger charge is -2.45. The summed E-state index contributed by atoms with van der Waals surface area (Å²) in [5.74, 6) is 0.797. The van der Waals surface area contributed by atoms with Crippen molar-refractivity contribution < 1.29 is 9.53 Å². The number of carbonyl (C=O) groups is 1. The van der Waals surface area contributed by atoms with Crippen LogP contribution >= 0.6 is 11.8 Å². The van der Waals surface area contributed by atoms with Crippen molar-refractivity contribution in [3.8, 4) is 5.75 Å². The molecule has 0 bridgehead atoms. The molecule has 1 saturated heterocycles. The monoisotopic (exact) mass is 384 g/mol. The molecular weight excluding hydrogens is 356 g/mol. The van der Waals surface area contributed by atoms with Gasteiger partial charge in [-0.1, -0.05) is 18.2 Å². The van der Waals surface area contributed by atoms with Crippen molar-refractivity contribution in [2.24, 2.45) is 0 Å². The number of nitrogens with zero attached hydrogens (tertiary/aromatic N) is 2. The first-order valence-electron chi connectivity index (χ1n) is 9.35. The molecule has 27 heavy (non-hydrogen) atoms. The highest BCUT2D eigenvalue weighted by atomic mass is 32.2. The van der Waals surface area contributed by atoms with Crippen LogP contribution in [0.5, 0.6) is 5.75 Å². The molecule has 1 heterocycles. The van der Waals surface area contributed by atoms with Gasteiger partial charge in [0.05, 0.1) is 7.11 Å². The van der Waals surface area contributed by atoms with E-state index in [1.165, 1.54) is 10.5 Å². The van der Waals surface area contributed by atoms with Crippen molar-refractivity contribution in [2.45, 2.75) is 37.4 Å². The van der Waals surface area contributed by atoms with Gasteiger partial charge in [-0.3, -0.25) is 9.69 Å². The van der Waals surface area contributed by atoms with E-state index in [4.69, 9.17) is 4.74 Å². The van der Waals surface area contributed by atoms with E-state index in [9.17, 15) is 4.79 Å². The zero-order valence-electron chi connectivity index (χ0n) is 16.5. The number of carbonyl (C=O) groups excluding carboxylic acids is 1. The van der Waals surface area contributed by atoms with Gasteiger partial charge in [0, 0.05) is 42.2 Å². The van der Waals surface area contributed by atoms with Crippen LogP contribution in [-0.4, -0.2) is 54.2 Å². The van der Waals surface area contributed by atoms with E-state index in [0.717, 1.165) is 19.6 Å². The van der Waals surface area contributed by atoms with Crippen LogP contribution in [0.1, 0.15) is 29.8 Å². The Balaban J connectivity index is 1.67. The number of hydrogen-bond acceptors (Lipinski definition) is 4. The number of amides is 1. The first kappa shape index (κ1) is 19.8. The highest BCUT2D eigenvalue weighted by molar-refractivity contribution is 7.98. The molecule has 0 saturated carbocycles. The van der Waals surface area contributed by atoms with Crippen LogP contribution in [0, 0.1) is 0 Å². The summed E-state index contributed by atoms with van der Waals surface area (Å²) in [5, 5.41) is 0. The molecule has 0 unspecified atom stereocenters. The number of hydrogen-bond donors (Lipinski definition) is 0. The minimum absolute atomic E-state index is 0.0808. The molecule has 144 valence electrons. The van der Waals surface area contributed by atoms with E-state index < -0.39 is 0 Å². The second-order valence-corrected chi connectivity index (χ2v) is 7.91. The number of thioether (sulfide) groups is 1. The van der Waals surface area contributed by atoms with Gasteiger partial charge in [0.25, 0.3) is 5.91 Å². The minimum Gasteiger partial charge on any atom is -0.497 e. The van der Waals surface area contributed by atoms with Crippen LogP contribution in [-0.2, 0) is 6.54 Å². The molecule has 1 amide bonds. The predicted octanol–water partition coefficient (Wildman–Crippen LogP) is 4.15. The van der Waals surface area contributed by atoms with E-state index in [1.807, 2.05) is 29.2 Å². The summed E-state index contributed by atoms with van der Waals surface area (Å²) in [4.78, 5) is 18.8. The summed E-state index contributed by atoms with van der Waals surface area (Å²) in [5.41, 5.74) is 2.01. The van der Waals surface area contributed by atoms with Crippen molar-refractivity contribution >= 4 is 17.7 Å². The fourth-order valence-corrected chi connectivity index (χ4v) is 4.01. The third-order valence-electron chi connectivity index (χ3n) is 5.52. The SMILES string of the molecule is COc1cccc(C(=O)N2CCN(Cc3ccc(SC)cc3)[C@H](C)[C@H]2C)c1. The van der Waals surface area contributed by atoms with E-state index in [2.05, 4.69) is 49.3 Å². The maximum absolute atomic E-state index is 13.0. The van der Waals surface area contributed by atoms with Crippen LogP contribution in [0.4, 0.5) is 0 Å². The molecule has 3 rings (SSSR count). The van der Waals surface area contributed by atoms with Crippen molar-refractivity contribution in [2.75, 3.05) is 26.5 Å². The Morgan fingerprint density at radius 1 is 1.11 bits per heavy atom. The number of rotatable bonds is 5. The Hall–Kier alpha value is -1.98. The Morgan fingerprint density at radius 3 is 2.52 bits per heavy atom. The molecule has 0 aromatic heterocycles. The van der Waals surface area contributed by atoms with Gasteiger partial charge >= 0.3 is 0 Å². The van der Waals surface area contributed by atoms with Gasteiger partial charge in [0.2, 0.25) is 0 Å². The first-order chi connectivity index (χ1) is 13.0. The lowest BCUT2D eigenvalue weighted by Crippen LogP contribution is -2.58. The highest BCUT2D eigenvalue weighted by Crippen LogP contribution is 2.23.